The van der Waals surface area contributed by atoms with E-state index in [0.29, 0.717) is 16.7 Å². The van der Waals surface area contributed by atoms with Crippen molar-refractivity contribution in [2.75, 3.05) is 15.5 Å². The zero-order valence-corrected chi connectivity index (χ0v) is 36.4. The van der Waals surface area contributed by atoms with Gasteiger partial charge in [0.15, 0.2) is 23.0 Å². The minimum absolute atomic E-state index is 0.0324. The molecule has 0 radical (unpaired) electrons. The number of thiazole rings is 1. The Balaban J connectivity index is 1.41. The highest BCUT2D eigenvalue weighted by atomic mass is 127. The molecule has 2 aliphatic heterocycles. The SMILES string of the molecule is CC(C)(C)OC(=O)Nc1nc(/C(=N/OC(C)(C)C(=O)OC(C)(C)C)C(=O)NC2C(=O)N3C(C(=O)OC(c4ccccc4)c4ccccc4)=C(CI)C[S+]([O-])C23)cs1. The Morgan fingerprint density at radius 2 is 1.54 bits per heavy atom. The van der Waals surface area contributed by atoms with E-state index < -0.39 is 81.1 Å². The maximum Gasteiger partial charge on any atom is 0.413 e. The lowest BCUT2D eigenvalue weighted by atomic mass is 10.0. The monoisotopic (exact) mass is 933 g/mol. The van der Waals surface area contributed by atoms with Gasteiger partial charge in [-0.25, -0.2) is 19.4 Å². The number of carbonyl (C=O) groups excluding carboxylic acids is 5. The predicted octanol–water partition coefficient (Wildman–Crippen LogP) is 5.77. The molecule has 15 nitrogen and oxygen atoms in total. The molecule has 5 rings (SSSR count). The van der Waals surface area contributed by atoms with E-state index in [1.54, 1.807) is 41.5 Å². The number of halogens is 1. The Morgan fingerprint density at radius 3 is 2.09 bits per heavy atom. The van der Waals surface area contributed by atoms with E-state index in [4.69, 9.17) is 19.0 Å². The number of alkyl halides is 1. The highest BCUT2D eigenvalue weighted by Gasteiger charge is 2.61. The van der Waals surface area contributed by atoms with Crippen LogP contribution in [0.15, 0.2) is 82.5 Å². The number of hydrogen-bond acceptors (Lipinski definition) is 13. The summed E-state index contributed by atoms with van der Waals surface area (Å²) in [5, 5.41) is 9.42. The number of hydrogen-bond donors (Lipinski definition) is 2. The number of anilines is 1. The minimum Gasteiger partial charge on any atom is -0.614 e. The molecule has 2 aliphatic rings. The Kier molecular flexibility index (Phi) is 13.4. The van der Waals surface area contributed by atoms with Gasteiger partial charge in [0.25, 0.3) is 11.8 Å². The molecule has 0 saturated carbocycles. The van der Waals surface area contributed by atoms with E-state index in [0.717, 1.165) is 16.2 Å². The number of fused-ring (bicyclic) bond motifs is 1. The zero-order chi connectivity index (χ0) is 41.9. The summed E-state index contributed by atoms with van der Waals surface area (Å²) in [6.45, 7) is 12.9. The van der Waals surface area contributed by atoms with Gasteiger partial charge in [-0.15, -0.1) is 11.3 Å². The molecule has 3 heterocycles. The molecular formula is C39H44IN5O10S2. The van der Waals surface area contributed by atoms with Crippen LogP contribution >= 0.6 is 33.9 Å². The quantitative estimate of drug-likeness (QED) is 0.0327. The maximum absolute atomic E-state index is 14.1. The summed E-state index contributed by atoms with van der Waals surface area (Å²) in [5.74, 6) is -3.28. The lowest BCUT2D eigenvalue weighted by molar-refractivity contribution is -0.179. The number of oxime groups is 1. The smallest absolute Gasteiger partial charge is 0.413 e. The fourth-order valence-electron chi connectivity index (χ4n) is 5.53. The fourth-order valence-corrected chi connectivity index (χ4v) is 8.90. The zero-order valence-electron chi connectivity index (χ0n) is 32.6. The summed E-state index contributed by atoms with van der Waals surface area (Å²) in [6.07, 6.45) is -1.60. The number of β-lactam (4-membered cyclic amide) rings is 1. The second kappa shape index (κ2) is 17.5. The van der Waals surface area contributed by atoms with Crippen LogP contribution in [0.25, 0.3) is 0 Å². The molecule has 1 aromatic heterocycles. The summed E-state index contributed by atoms with van der Waals surface area (Å²) in [4.78, 5) is 78.5. The Hall–Kier alpha value is -4.53. The van der Waals surface area contributed by atoms with Gasteiger partial charge in [0.2, 0.25) is 11.0 Å². The van der Waals surface area contributed by atoms with Crippen molar-refractivity contribution in [1.29, 1.82) is 0 Å². The van der Waals surface area contributed by atoms with Crippen LogP contribution in [0.5, 0.6) is 0 Å². The summed E-state index contributed by atoms with van der Waals surface area (Å²) in [6, 6.07) is 16.9. The van der Waals surface area contributed by atoms with Gasteiger partial charge < -0.3 is 28.9 Å². The lowest BCUT2D eigenvalue weighted by Gasteiger charge is -2.49. The maximum atomic E-state index is 14.1. The molecule has 0 bridgehead atoms. The predicted molar refractivity (Wildman–Crippen MR) is 222 cm³/mol. The molecule has 1 saturated heterocycles. The van der Waals surface area contributed by atoms with Crippen molar-refractivity contribution in [3.05, 3.63) is 94.1 Å². The van der Waals surface area contributed by atoms with Crippen molar-refractivity contribution < 1.29 is 47.6 Å². The number of carbonyl (C=O) groups is 5. The first-order chi connectivity index (χ1) is 26.7. The van der Waals surface area contributed by atoms with Gasteiger partial charge in [-0.2, -0.15) is 0 Å². The van der Waals surface area contributed by atoms with E-state index in [1.807, 2.05) is 83.3 Å². The van der Waals surface area contributed by atoms with Gasteiger partial charge in [-0.05, 0) is 77.7 Å². The normalized spacial score (nSPS) is 18.6. The highest BCUT2D eigenvalue weighted by Crippen LogP contribution is 2.39. The van der Waals surface area contributed by atoms with Crippen LogP contribution in [-0.4, -0.2) is 88.4 Å². The molecule has 3 unspecified atom stereocenters. The molecule has 18 heteroatoms. The largest absolute Gasteiger partial charge is 0.614 e. The molecule has 3 amide bonds. The number of esters is 2. The molecule has 1 fully saturated rings. The number of ether oxygens (including phenoxy) is 3. The van der Waals surface area contributed by atoms with E-state index in [-0.39, 0.29) is 26.7 Å². The van der Waals surface area contributed by atoms with Crippen molar-refractivity contribution in [3.63, 3.8) is 0 Å². The van der Waals surface area contributed by atoms with Crippen molar-refractivity contribution in [3.8, 4) is 0 Å². The van der Waals surface area contributed by atoms with Crippen LogP contribution in [0, 0.1) is 0 Å². The van der Waals surface area contributed by atoms with Crippen LogP contribution in [0.3, 0.4) is 0 Å². The summed E-state index contributed by atoms with van der Waals surface area (Å²) >= 11 is 1.25. The minimum atomic E-state index is -1.74. The summed E-state index contributed by atoms with van der Waals surface area (Å²) in [7, 11) is 0. The van der Waals surface area contributed by atoms with Crippen molar-refractivity contribution in [1.82, 2.24) is 15.2 Å². The Morgan fingerprint density at radius 1 is 0.965 bits per heavy atom. The van der Waals surface area contributed by atoms with E-state index in [9.17, 15) is 28.5 Å². The van der Waals surface area contributed by atoms with Crippen LogP contribution < -0.4 is 10.6 Å². The van der Waals surface area contributed by atoms with Gasteiger partial charge in [-0.3, -0.25) is 19.8 Å². The van der Waals surface area contributed by atoms with E-state index in [2.05, 4.69) is 20.8 Å². The van der Waals surface area contributed by atoms with Crippen LogP contribution in [0.2, 0.25) is 0 Å². The molecule has 2 N–H and O–H groups in total. The average molecular weight is 934 g/mol. The first kappa shape index (κ1) is 43.6. The van der Waals surface area contributed by atoms with Crippen molar-refractivity contribution in [2.45, 2.75) is 89.7 Å². The third kappa shape index (κ3) is 10.7. The van der Waals surface area contributed by atoms with Crippen molar-refractivity contribution in [2.24, 2.45) is 5.16 Å². The van der Waals surface area contributed by atoms with Gasteiger partial charge >= 0.3 is 18.0 Å². The van der Waals surface area contributed by atoms with E-state index >= 15 is 0 Å². The number of aromatic nitrogens is 1. The average Bonchev–Trinajstić information content (AvgIpc) is 3.58. The second-order valence-electron chi connectivity index (χ2n) is 15.5. The number of nitrogens with one attached hydrogen (secondary N) is 2. The molecule has 3 atom stereocenters. The van der Waals surface area contributed by atoms with E-state index in [1.165, 1.54) is 19.2 Å². The molecular weight excluding hydrogens is 889 g/mol. The molecule has 2 aromatic carbocycles. The van der Waals surface area contributed by atoms with Gasteiger partial charge in [0.05, 0.1) is 0 Å². The molecule has 304 valence electrons. The number of nitrogens with zero attached hydrogens (tertiary/aromatic N) is 3. The summed E-state index contributed by atoms with van der Waals surface area (Å²) < 4.78 is 30.8. The van der Waals surface area contributed by atoms with Crippen LogP contribution in [-0.2, 0) is 49.4 Å². The fraction of sp³-hybridized carbons (Fsp3) is 0.410. The third-order valence-electron chi connectivity index (χ3n) is 8.10. The number of rotatable bonds is 12. The molecule has 3 aromatic rings. The lowest BCUT2D eigenvalue weighted by Crippen LogP contribution is -2.75. The Labute approximate surface area is 351 Å². The van der Waals surface area contributed by atoms with Gasteiger partial charge in [-0.1, -0.05) is 88.4 Å². The first-order valence-corrected chi connectivity index (χ1v) is 21.5. The standard InChI is InChI=1S/C39H44IN5O10S2/c1-37(2,3)53-34(49)39(7,8)55-44-26(25-20-56-35(41-25)43-36(50)54-38(4,5)6)30(46)42-27-31(47)45-28(24(19-40)21-57(51)32(27)45)33(48)52-29(22-15-11-9-12-16-22)23-17-13-10-14-18-23/h9-18,20,27,29,32H,19,21H2,1-8H3,(H,42,46)(H,41,43,50)/b44-26-. The Bertz CT molecular complexity index is 2020. The first-order valence-electron chi connectivity index (χ1n) is 17.7. The summed E-state index contributed by atoms with van der Waals surface area (Å²) in [5.41, 5.74) is -2.05. The van der Waals surface area contributed by atoms with Crippen LogP contribution in [0.4, 0.5) is 9.93 Å². The molecule has 0 spiro atoms. The highest BCUT2D eigenvalue weighted by molar-refractivity contribution is 14.1. The van der Waals surface area contributed by atoms with Crippen molar-refractivity contribution >= 4 is 85.8 Å². The number of benzene rings is 2. The van der Waals surface area contributed by atoms with Gasteiger partial charge in [0.1, 0.15) is 28.3 Å². The van der Waals surface area contributed by atoms with Gasteiger partial charge in [0, 0.05) is 15.4 Å². The second-order valence-corrected chi connectivity index (χ2v) is 18.6. The number of amides is 3. The van der Waals surface area contributed by atoms with Crippen LogP contribution in [0.1, 0.15) is 78.3 Å². The third-order valence-corrected chi connectivity index (χ3v) is 11.4. The topological polar surface area (TPSA) is 198 Å². The molecule has 0 aliphatic carbocycles. The molecule has 57 heavy (non-hydrogen) atoms.